The zero-order chi connectivity index (χ0) is 78.5. The number of carbonyl (C=O) groups excluding carboxylic acids is 4. The predicted molar refractivity (Wildman–Crippen MR) is 366 cm³/mol. The molecule has 0 atom stereocenters. The Kier molecular flexibility index (Phi) is 25.6. The van der Waals surface area contributed by atoms with E-state index in [1.165, 1.54) is 43.7 Å². The van der Waals surface area contributed by atoms with Crippen molar-refractivity contribution in [3.05, 3.63) is 191 Å². The van der Waals surface area contributed by atoms with E-state index in [0.717, 1.165) is 160 Å². The SMILES string of the molecule is CC(C)(C(=O)Nc1ccc(C(F)(F)F)cn1)S(=O)(=O)c1ccc(F)cc1.CC(C)(C(=O)Nc1cccc(C(F)(F)F)n1)S(=O)(=O)c1ccc(F)cc1.CC(C)(C)c1csc(NC(=O)C(C)(C)S(=O)(=O)c2ccc(F)cc2)n1.Cn1nc(C(C)(C)C)cc1NC(=O)C(C)(C)S(=O)(=O)c1ccc(F)cc1. The molecule has 0 unspecified atom stereocenters. The molecule has 4 aromatic heterocycles. The highest BCUT2D eigenvalue weighted by atomic mass is 32.2. The van der Waals surface area contributed by atoms with Crippen molar-refractivity contribution in [2.45, 2.75) is 159 Å². The lowest BCUT2D eigenvalue weighted by atomic mass is 9.92. The third-order valence-corrected chi connectivity index (χ3v) is 25.8. The van der Waals surface area contributed by atoms with Gasteiger partial charge in [-0.2, -0.15) is 31.4 Å². The van der Waals surface area contributed by atoms with Gasteiger partial charge < -0.3 is 21.3 Å². The van der Waals surface area contributed by atoms with Crippen LogP contribution in [0.2, 0.25) is 0 Å². The van der Waals surface area contributed by atoms with E-state index in [0.29, 0.717) is 23.2 Å². The summed E-state index contributed by atoms with van der Waals surface area (Å²) < 4.78 is 223. The first-order chi connectivity index (χ1) is 46.8. The molecule has 36 heteroatoms. The molecule has 0 aliphatic rings. The molecule has 8 aromatic rings. The number of nitrogens with one attached hydrogen (secondary N) is 4. The molecular formula is C67H73F10N9O12S5. The fourth-order valence-corrected chi connectivity index (χ4v) is 14.5. The summed E-state index contributed by atoms with van der Waals surface area (Å²) in [6.45, 7) is 21.7. The number of thiazole rings is 1. The number of hydrogen-bond donors (Lipinski definition) is 4. The number of benzene rings is 4. The summed E-state index contributed by atoms with van der Waals surface area (Å²) in [6, 6.07) is 22.8. The predicted octanol–water partition coefficient (Wildman–Crippen LogP) is 13.7. The second kappa shape index (κ2) is 31.1. The van der Waals surface area contributed by atoms with Crippen LogP contribution in [0.3, 0.4) is 0 Å². The van der Waals surface area contributed by atoms with Crippen molar-refractivity contribution in [3.8, 4) is 0 Å². The minimum Gasteiger partial charge on any atom is -0.310 e. The first-order valence-corrected chi connectivity index (χ1v) is 37.0. The standard InChI is InChI=1S/C18H24FN3O3S.C17H21FN2O3S2.2C16H14F4N2O3S/c1-17(2,3)14-11-15(22(6)21-14)20-16(23)18(4,5)26(24,25)13-9-7-12(19)8-10-13;1-16(2,3)13-10-24-15(19-13)20-14(21)17(4,5)25(22,23)12-8-6-11(18)7-9-12;1-15(2,26(24,25)12-6-4-11(17)5-7-12)14(23)22-13-8-3-10(9-21-13)16(18,19)20;1-15(2,26(24,25)11-8-6-10(17)7-9-11)14(23)22-13-5-3-4-12(21-13)16(18,19)20/h7-11H,1-6H3,(H,20,23);6-10H,1-5H3,(H,19,20,21);2*3-9H,1-2H3,(H,21,22,23). The first-order valence-electron chi connectivity index (χ1n) is 30.2. The number of aromatic nitrogens is 5. The van der Waals surface area contributed by atoms with Crippen molar-refractivity contribution in [2.24, 2.45) is 7.05 Å². The lowest BCUT2D eigenvalue weighted by molar-refractivity contribution is -0.141. The van der Waals surface area contributed by atoms with Gasteiger partial charge >= 0.3 is 12.4 Å². The summed E-state index contributed by atoms with van der Waals surface area (Å²) >= 11 is 1.24. The third kappa shape index (κ3) is 20.0. The molecule has 4 amide bonds. The molecule has 558 valence electrons. The minimum atomic E-state index is -4.71. The Morgan fingerprint density at radius 2 is 0.738 bits per heavy atom. The molecule has 0 saturated carbocycles. The summed E-state index contributed by atoms with van der Waals surface area (Å²) in [7, 11) is -14.8. The van der Waals surface area contributed by atoms with Crippen LogP contribution in [-0.4, -0.2) is 101 Å². The molecule has 4 N–H and O–H groups in total. The lowest BCUT2D eigenvalue weighted by Crippen LogP contribution is -2.44. The van der Waals surface area contributed by atoms with E-state index in [1.807, 2.05) is 46.9 Å². The second-order valence-electron chi connectivity index (χ2n) is 26.6. The number of aryl methyl sites for hydroxylation is 1. The van der Waals surface area contributed by atoms with E-state index in [9.17, 15) is 96.8 Å². The normalized spacial score (nSPS) is 12.8. The maximum Gasteiger partial charge on any atom is 0.433 e. The van der Waals surface area contributed by atoms with E-state index >= 15 is 0 Å². The van der Waals surface area contributed by atoms with Crippen molar-refractivity contribution in [1.29, 1.82) is 0 Å². The van der Waals surface area contributed by atoms with Gasteiger partial charge in [-0.05, 0) is 177 Å². The number of hydrogen-bond acceptors (Lipinski definition) is 17. The summed E-state index contributed by atoms with van der Waals surface area (Å²) in [5.41, 5.74) is -1.03. The van der Waals surface area contributed by atoms with Crippen molar-refractivity contribution >= 4 is 96.9 Å². The van der Waals surface area contributed by atoms with Gasteiger partial charge in [-0.15, -0.1) is 11.3 Å². The largest absolute Gasteiger partial charge is 0.433 e. The fourth-order valence-electron chi connectivity index (χ4n) is 8.09. The molecule has 8 rings (SSSR count). The second-order valence-corrected chi connectivity index (χ2v) is 37.5. The summed E-state index contributed by atoms with van der Waals surface area (Å²) in [6.07, 6.45) is -8.77. The van der Waals surface area contributed by atoms with Crippen LogP contribution in [0.4, 0.5) is 66.5 Å². The highest BCUT2D eigenvalue weighted by molar-refractivity contribution is 7.94. The van der Waals surface area contributed by atoms with Crippen LogP contribution in [0.5, 0.6) is 0 Å². The number of nitrogens with zero attached hydrogens (tertiary/aromatic N) is 5. The van der Waals surface area contributed by atoms with Gasteiger partial charge in [0.2, 0.25) is 23.6 Å². The van der Waals surface area contributed by atoms with Gasteiger partial charge in [0, 0.05) is 35.5 Å². The maximum absolute atomic E-state index is 13.1. The van der Waals surface area contributed by atoms with Gasteiger partial charge in [0.1, 0.15) is 65.4 Å². The Hall–Kier alpha value is -9.00. The molecule has 0 saturated heterocycles. The number of halogens is 10. The molecule has 103 heavy (non-hydrogen) atoms. The zero-order valence-electron chi connectivity index (χ0n) is 57.8. The topological polar surface area (TPSA) is 309 Å². The van der Waals surface area contributed by atoms with Gasteiger partial charge in [-0.25, -0.2) is 66.2 Å². The summed E-state index contributed by atoms with van der Waals surface area (Å²) in [5, 5.41) is 16.0. The summed E-state index contributed by atoms with van der Waals surface area (Å²) in [5.74, 6) is -6.09. The third-order valence-electron chi connectivity index (χ3n) is 15.4. The summed E-state index contributed by atoms with van der Waals surface area (Å²) in [4.78, 5) is 60.4. The first kappa shape index (κ1) is 84.7. The molecular weight excluding hydrogens is 1470 g/mol. The van der Waals surface area contributed by atoms with Gasteiger partial charge in [-0.1, -0.05) is 47.6 Å². The van der Waals surface area contributed by atoms with E-state index in [-0.39, 0.29) is 36.2 Å². The van der Waals surface area contributed by atoms with E-state index in [1.54, 1.807) is 13.1 Å². The lowest BCUT2D eigenvalue weighted by Gasteiger charge is -2.23. The Morgan fingerprint density at radius 3 is 1.04 bits per heavy atom. The van der Waals surface area contributed by atoms with Crippen LogP contribution >= 0.6 is 11.3 Å². The number of anilines is 4. The Balaban J connectivity index is 0.000000247. The van der Waals surface area contributed by atoms with Crippen molar-refractivity contribution in [3.63, 3.8) is 0 Å². The Labute approximate surface area is 593 Å². The number of alkyl halides is 6. The quantitative estimate of drug-likeness (QED) is 0.0516. The highest BCUT2D eigenvalue weighted by Crippen LogP contribution is 2.35. The number of amides is 4. The van der Waals surface area contributed by atoms with Crippen molar-refractivity contribution in [1.82, 2.24) is 24.7 Å². The fraction of sp³-hybridized carbons (Fsp3) is 0.343. The molecule has 4 aromatic carbocycles. The molecule has 0 fully saturated rings. The minimum absolute atomic E-state index is 0.108. The van der Waals surface area contributed by atoms with Crippen molar-refractivity contribution in [2.75, 3.05) is 21.3 Å². The average molecular weight is 1550 g/mol. The highest BCUT2D eigenvalue weighted by Gasteiger charge is 2.47. The van der Waals surface area contributed by atoms with Crippen LogP contribution < -0.4 is 21.3 Å². The van der Waals surface area contributed by atoms with E-state index in [4.69, 9.17) is 0 Å². The Bertz CT molecular complexity index is 4870. The molecule has 0 spiro atoms. The monoisotopic (exact) mass is 1550 g/mol. The van der Waals surface area contributed by atoms with Gasteiger partial charge in [0.05, 0.1) is 36.5 Å². The van der Waals surface area contributed by atoms with Crippen LogP contribution in [0.25, 0.3) is 0 Å². The number of sulfone groups is 4. The molecule has 0 aliphatic heterocycles. The number of rotatable bonds is 16. The van der Waals surface area contributed by atoms with Crippen LogP contribution in [0.1, 0.15) is 120 Å². The smallest absolute Gasteiger partial charge is 0.310 e. The maximum atomic E-state index is 13.1. The molecule has 0 radical (unpaired) electrons. The van der Waals surface area contributed by atoms with Gasteiger partial charge in [-0.3, -0.25) is 23.9 Å². The molecule has 4 heterocycles. The van der Waals surface area contributed by atoms with E-state index in [2.05, 4.69) is 41.3 Å². The van der Waals surface area contributed by atoms with E-state index < -0.39 is 135 Å². The average Bonchev–Trinajstić information content (AvgIpc) is 1.75. The Morgan fingerprint density at radius 1 is 0.398 bits per heavy atom. The number of carbonyl (C=O) groups is 4. The van der Waals surface area contributed by atoms with Crippen LogP contribution in [0, 0.1) is 23.3 Å². The van der Waals surface area contributed by atoms with Gasteiger partial charge in [0.15, 0.2) is 44.5 Å². The van der Waals surface area contributed by atoms with Crippen LogP contribution in [-0.2, 0) is 88.8 Å². The van der Waals surface area contributed by atoms with Crippen molar-refractivity contribution < 1.29 is 96.8 Å². The molecule has 0 aliphatic carbocycles. The molecule has 0 bridgehead atoms. The molecule has 21 nitrogen and oxygen atoms in total. The van der Waals surface area contributed by atoms with Gasteiger partial charge in [0.25, 0.3) is 0 Å². The van der Waals surface area contributed by atoms with Crippen LogP contribution in [0.15, 0.2) is 165 Å². The number of pyridine rings is 2. The zero-order valence-corrected chi connectivity index (χ0v) is 61.9.